The van der Waals surface area contributed by atoms with Gasteiger partial charge in [-0.15, -0.1) is 11.8 Å². The number of hydrogen-bond donors (Lipinski definition) is 0. The molecule has 0 aliphatic carbocycles. The SMILES string of the molecule is CCOC(=O)c1cccc(SC)c1C(Br)C(C)=O. The first-order valence-electron chi connectivity index (χ1n) is 5.51. The van der Waals surface area contributed by atoms with E-state index in [4.69, 9.17) is 4.74 Å². The van der Waals surface area contributed by atoms with Crippen LogP contribution in [-0.4, -0.2) is 24.6 Å². The van der Waals surface area contributed by atoms with Crippen LogP contribution in [0.4, 0.5) is 0 Å². The lowest BCUT2D eigenvalue weighted by Crippen LogP contribution is -2.13. The highest BCUT2D eigenvalue weighted by atomic mass is 79.9. The predicted molar refractivity (Wildman–Crippen MR) is 76.5 cm³/mol. The fourth-order valence-corrected chi connectivity index (χ4v) is 2.88. The van der Waals surface area contributed by atoms with Crippen LogP contribution in [0.25, 0.3) is 0 Å². The topological polar surface area (TPSA) is 43.4 Å². The molecule has 1 unspecified atom stereocenters. The van der Waals surface area contributed by atoms with Gasteiger partial charge in [0.05, 0.1) is 17.0 Å². The molecule has 98 valence electrons. The Hall–Kier alpha value is -0.810. The summed E-state index contributed by atoms with van der Waals surface area (Å²) in [5.41, 5.74) is 1.14. The second-order valence-corrected chi connectivity index (χ2v) is 5.38. The minimum absolute atomic E-state index is 0.0398. The normalized spacial score (nSPS) is 12.0. The monoisotopic (exact) mass is 330 g/mol. The number of rotatable bonds is 5. The number of benzene rings is 1. The summed E-state index contributed by atoms with van der Waals surface area (Å²) in [5.74, 6) is -0.434. The summed E-state index contributed by atoms with van der Waals surface area (Å²) < 4.78 is 5.02. The van der Waals surface area contributed by atoms with Gasteiger partial charge in [-0.3, -0.25) is 4.79 Å². The molecular formula is C13H15BrO3S. The molecule has 1 aromatic rings. The second kappa shape index (κ2) is 6.95. The van der Waals surface area contributed by atoms with Crippen LogP contribution in [0.3, 0.4) is 0 Å². The molecule has 18 heavy (non-hydrogen) atoms. The number of hydrogen-bond acceptors (Lipinski definition) is 4. The summed E-state index contributed by atoms with van der Waals surface area (Å²) in [4.78, 5) is 23.8. The highest BCUT2D eigenvalue weighted by molar-refractivity contribution is 9.09. The van der Waals surface area contributed by atoms with Crippen LogP contribution < -0.4 is 0 Å². The van der Waals surface area contributed by atoms with Crippen molar-refractivity contribution in [1.82, 2.24) is 0 Å². The fourth-order valence-electron chi connectivity index (χ4n) is 1.57. The molecule has 0 fully saturated rings. The third kappa shape index (κ3) is 3.36. The summed E-state index contributed by atoms with van der Waals surface area (Å²) >= 11 is 4.84. The van der Waals surface area contributed by atoms with Crippen molar-refractivity contribution < 1.29 is 14.3 Å². The van der Waals surface area contributed by atoms with Gasteiger partial charge in [0.15, 0.2) is 0 Å². The zero-order chi connectivity index (χ0) is 13.7. The van der Waals surface area contributed by atoms with Crippen molar-refractivity contribution in [2.75, 3.05) is 12.9 Å². The van der Waals surface area contributed by atoms with E-state index < -0.39 is 10.8 Å². The zero-order valence-corrected chi connectivity index (χ0v) is 12.9. The maximum Gasteiger partial charge on any atom is 0.338 e. The molecule has 0 aromatic heterocycles. The van der Waals surface area contributed by atoms with Crippen LogP contribution in [0.5, 0.6) is 0 Å². The van der Waals surface area contributed by atoms with E-state index in [1.54, 1.807) is 19.1 Å². The highest BCUT2D eigenvalue weighted by Gasteiger charge is 2.24. The number of esters is 1. The van der Waals surface area contributed by atoms with Crippen molar-refractivity contribution >= 4 is 39.4 Å². The summed E-state index contributed by atoms with van der Waals surface area (Å²) in [6, 6.07) is 5.37. The first-order valence-corrected chi connectivity index (χ1v) is 7.65. The first kappa shape index (κ1) is 15.2. The van der Waals surface area contributed by atoms with Crippen LogP contribution in [0.2, 0.25) is 0 Å². The van der Waals surface area contributed by atoms with Crippen LogP contribution in [-0.2, 0) is 9.53 Å². The first-order chi connectivity index (χ1) is 8.52. The van der Waals surface area contributed by atoms with Crippen molar-refractivity contribution in [1.29, 1.82) is 0 Å². The molecule has 1 atom stereocenters. The molecule has 0 N–H and O–H groups in total. The minimum Gasteiger partial charge on any atom is -0.462 e. The van der Waals surface area contributed by atoms with Crippen LogP contribution in [0, 0.1) is 0 Å². The summed E-state index contributed by atoms with van der Waals surface area (Å²) in [6.07, 6.45) is 1.91. The Morgan fingerprint density at radius 2 is 2.11 bits per heavy atom. The lowest BCUT2D eigenvalue weighted by Gasteiger charge is -2.15. The van der Waals surface area contributed by atoms with Crippen molar-refractivity contribution in [2.45, 2.75) is 23.6 Å². The minimum atomic E-state index is -0.486. The molecular weight excluding hydrogens is 316 g/mol. The van der Waals surface area contributed by atoms with Gasteiger partial charge in [0, 0.05) is 10.5 Å². The molecule has 0 heterocycles. The van der Waals surface area contributed by atoms with Gasteiger partial charge in [0.1, 0.15) is 5.78 Å². The molecule has 0 amide bonds. The van der Waals surface area contributed by atoms with Gasteiger partial charge >= 0.3 is 5.97 Å². The number of ketones is 1. The molecule has 5 heteroatoms. The number of carbonyl (C=O) groups excluding carboxylic acids is 2. The molecule has 1 aromatic carbocycles. The highest BCUT2D eigenvalue weighted by Crippen LogP contribution is 2.35. The molecule has 0 radical (unpaired) electrons. The van der Waals surface area contributed by atoms with Crippen molar-refractivity contribution in [3.8, 4) is 0 Å². The molecule has 3 nitrogen and oxygen atoms in total. The van der Waals surface area contributed by atoms with Crippen molar-refractivity contribution in [2.24, 2.45) is 0 Å². The Kier molecular flexibility index (Phi) is 5.88. The molecule has 0 bridgehead atoms. The maximum absolute atomic E-state index is 11.9. The van der Waals surface area contributed by atoms with Crippen molar-refractivity contribution in [3.05, 3.63) is 29.3 Å². The van der Waals surface area contributed by atoms with Gasteiger partial charge in [-0.25, -0.2) is 4.79 Å². The summed E-state index contributed by atoms with van der Waals surface area (Å²) in [6.45, 7) is 3.56. The Morgan fingerprint density at radius 3 is 2.61 bits per heavy atom. The van der Waals surface area contributed by atoms with E-state index >= 15 is 0 Å². The second-order valence-electron chi connectivity index (χ2n) is 3.62. The van der Waals surface area contributed by atoms with E-state index in [1.165, 1.54) is 18.7 Å². The number of Topliss-reactive ketones (excluding diaryl/α,β-unsaturated/α-hetero) is 1. The van der Waals surface area contributed by atoms with E-state index in [2.05, 4.69) is 15.9 Å². The smallest absolute Gasteiger partial charge is 0.338 e. The fraction of sp³-hybridized carbons (Fsp3) is 0.385. The van der Waals surface area contributed by atoms with Crippen LogP contribution in [0.15, 0.2) is 23.1 Å². The third-order valence-corrected chi connectivity index (χ3v) is 4.29. The van der Waals surface area contributed by atoms with Gasteiger partial charge in [-0.2, -0.15) is 0 Å². The number of halogens is 1. The molecule has 1 rings (SSSR count). The Morgan fingerprint density at radius 1 is 1.44 bits per heavy atom. The standard InChI is InChI=1S/C13H15BrO3S/c1-4-17-13(16)9-6-5-7-10(18-3)11(9)12(14)8(2)15/h5-7,12H,4H2,1-3H3. The Balaban J connectivity index is 3.33. The van der Waals surface area contributed by atoms with Gasteiger partial charge in [-0.1, -0.05) is 22.0 Å². The molecule has 0 saturated carbocycles. The van der Waals surface area contributed by atoms with Gasteiger partial charge in [0.25, 0.3) is 0 Å². The van der Waals surface area contributed by atoms with E-state index in [1.807, 2.05) is 12.3 Å². The predicted octanol–water partition coefficient (Wildman–Crippen LogP) is 3.61. The number of carbonyl (C=O) groups is 2. The number of ether oxygens (including phenoxy) is 1. The van der Waals surface area contributed by atoms with Crippen LogP contribution >= 0.6 is 27.7 Å². The third-order valence-electron chi connectivity index (χ3n) is 2.39. The van der Waals surface area contributed by atoms with E-state index in [0.29, 0.717) is 17.7 Å². The molecule has 0 aliphatic rings. The Bertz CT molecular complexity index is 460. The zero-order valence-electron chi connectivity index (χ0n) is 10.5. The van der Waals surface area contributed by atoms with Gasteiger partial charge in [-0.05, 0) is 32.2 Å². The lowest BCUT2D eigenvalue weighted by atomic mass is 10.0. The van der Waals surface area contributed by atoms with Gasteiger partial charge < -0.3 is 4.74 Å². The average Bonchev–Trinajstić information content (AvgIpc) is 2.37. The average molecular weight is 331 g/mol. The summed E-state index contributed by atoms with van der Waals surface area (Å²) in [5, 5.41) is 0. The maximum atomic E-state index is 11.9. The largest absolute Gasteiger partial charge is 0.462 e. The quantitative estimate of drug-likeness (QED) is 0.470. The molecule has 0 aliphatic heterocycles. The van der Waals surface area contributed by atoms with E-state index in [-0.39, 0.29) is 5.78 Å². The molecule has 0 spiro atoms. The van der Waals surface area contributed by atoms with Crippen LogP contribution in [0.1, 0.15) is 34.6 Å². The number of alkyl halides is 1. The molecule has 0 saturated heterocycles. The number of thioether (sulfide) groups is 1. The lowest BCUT2D eigenvalue weighted by molar-refractivity contribution is -0.116. The van der Waals surface area contributed by atoms with Crippen molar-refractivity contribution in [3.63, 3.8) is 0 Å². The summed E-state index contributed by atoms with van der Waals surface area (Å²) in [7, 11) is 0. The van der Waals surface area contributed by atoms with E-state index in [0.717, 1.165) is 4.90 Å². The Labute approximate surface area is 119 Å². The van der Waals surface area contributed by atoms with Gasteiger partial charge in [0.2, 0.25) is 0 Å². The van der Waals surface area contributed by atoms with E-state index in [9.17, 15) is 9.59 Å².